The second-order valence-electron chi connectivity index (χ2n) is 5.76. The van der Waals surface area contributed by atoms with Crippen LogP contribution in [0.25, 0.3) is 0 Å². The highest BCUT2D eigenvalue weighted by atomic mass is 16.2. The van der Waals surface area contributed by atoms with E-state index in [0.29, 0.717) is 12.6 Å². The van der Waals surface area contributed by atoms with Gasteiger partial charge < -0.3 is 11.1 Å². The highest BCUT2D eigenvalue weighted by Gasteiger charge is 2.19. The summed E-state index contributed by atoms with van der Waals surface area (Å²) in [5.74, 6) is 0.0937. The third-order valence-electron chi connectivity index (χ3n) is 4.03. The SMILES string of the molecule is Cc1ccccc1[C@@H](C)NC(=O)CN1CCC(N)CC1. The summed E-state index contributed by atoms with van der Waals surface area (Å²) in [5.41, 5.74) is 8.27. The Morgan fingerprint density at radius 3 is 2.70 bits per heavy atom. The smallest absolute Gasteiger partial charge is 0.234 e. The van der Waals surface area contributed by atoms with Gasteiger partial charge in [-0.15, -0.1) is 0 Å². The second-order valence-corrected chi connectivity index (χ2v) is 5.76. The molecule has 2 rings (SSSR count). The third-order valence-corrected chi connectivity index (χ3v) is 4.03. The lowest BCUT2D eigenvalue weighted by Crippen LogP contribution is -2.44. The van der Waals surface area contributed by atoms with Gasteiger partial charge in [0.1, 0.15) is 0 Å². The number of aryl methyl sites for hydroxylation is 1. The molecule has 0 aromatic heterocycles. The van der Waals surface area contributed by atoms with Gasteiger partial charge in [0.15, 0.2) is 0 Å². The Hall–Kier alpha value is -1.39. The number of hydrogen-bond donors (Lipinski definition) is 2. The fourth-order valence-corrected chi connectivity index (χ4v) is 2.75. The van der Waals surface area contributed by atoms with Crippen LogP contribution in [0.2, 0.25) is 0 Å². The van der Waals surface area contributed by atoms with Gasteiger partial charge in [-0.2, -0.15) is 0 Å². The van der Waals surface area contributed by atoms with Crippen LogP contribution in [-0.4, -0.2) is 36.5 Å². The molecule has 0 bridgehead atoms. The molecular formula is C16H25N3O. The van der Waals surface area contributed by atoms with E-state index in [0.717, 1.165) is 25.9 Å². The van der Waals surface area contributed by atoms with E-state index in [9.17, 15) is 4.79 Å². The Morgan fingerprint density at radius 2 is 2.05 bits per heavy atom. The molecule has 1 aliphatic rings. The second kappa shape index (κ2) is 6.86. The lowest BCUT2D eigenvalue weighted by atomic mass is 10.0. The zero-order valence-electron chi connectivity index (χ0n) is 12.4. The lowest BCUT2D eigenvalue weighted by molar-refractivity contribution is -0.123. The number of nitrogens with zero attached hydrogens (tertiary/aromatic N) is 1. The number of carbonyl (C=O) groups excluding carboxylic acids is 1. The maximum Gasteiger partial charge on any atom is 0.234 e. The Morgan fingerprint density at radius 1 is 1.40 bits per heavy atom. The Kier molecular flexibility index (Phi) is 5.15. The van der Waals surface area contributed by atoms with Crippen molar-refractivity contribution in [2.45, 2.75) is 38.8 Å². The fourth-order valence-electron chi connectivity index (χ4n) is 2.75. The van der Waals surface area contributed by atoms with Gasteiger partial charge in [-0.3, -0.25) is 9.69 Å². The first-order chi connectivity index (χ1) is 9.56. The van der Waals surface area contributed by atoms with Gasteiger partial charge in [-0.05, 0) is 37.8 Å². The maximum absolute atomic E-state index is 12.1. The van der Waals surface area contributed by atoms with Crippen molar-refractivity contribution in [3.63, 3.8) is 0 Å². The molecule has 1 aromatic rings. The molecule has 20 heavy (non-hydrogen) atoms. The summed E-state index contributed by atoms with van der Waals surface area (Å²) in [7, 11) is 0. The van der Waals surface area contributed by atoms with Crippen LogP contribution in [0.5, 0.6) is 0 Å². The molecule has 110 valence electrons. The van der Waals surface area contributed by atoms with E-state index in [2.05, 4.69) is 29.3 Å². The standard InChI is InChI=1S/C16H25N3O/c1-12-5-3-4-6-15(12)13(2)18-16(20)11-19-9-7-14(17)8-10-19/h3-6,13-14H,7-11,17H2,1-2H3,(H,18,20)/t13-/m1/s1. The van der Waals surface area contributed by atoms with E-state index in [-0.39, 0.29) is 11.9 Å². The van der Waals surface area contributed by atoms with Crippen LogP contribution in [0.4, 0.5) is 0 Å². The molecule has 1 aromatic carbocycles. The molecule has 1 saturated heterocycles. The Labute approximate surface area is 121 Å². The minimum absolute atomic E-state index is 0.0516. The van der Waals surface area contributed by atoms with Crippen molar-refractivity contribution < 1.29 is 4.79 Å². The number of benzene rings is 1. The van der Waals surface area contributed by atoms with E-state index >= 15 is 0 Å². The largest absolute Gasteiger partial charge is 0.348 e. The molecule has 4 nitrogen and oxygen atoms in total. The van der Waals surface area contributed by atoms with Crippen molar-refractivity contribution in [2.24, 2.45) is 5.73 Å². The first-order valence-electron chi connectivity index (χ1n) is 7.39. The van der Waals surface area contributed by atoms with E-state index in [1.165, 1.54) is 11.1 Å². The number of likely N-dealkylation sites (tertiary alicyclic amines) is 1. The number of nitrogens with two attached hydrogens (primary N) is 1. The van der Waals surface area contributed by atoms with Crippen LogP contribution < -0.4 is 11.1 Å². The number of nitrogens with one attached hydrogen (secondary N) is 1. The Balaban J connectivity index is 1.84. The molecule has 0 aliphatic carbocycles. The molecule has 1 amide bonds. The van der Waals surface area contributed by atoms with E-state index < -0.39 is 0 Å². The third kappa shape index (κ3) is 4.05. The molecule has 0 unspecified atom stereocenters. The van der Waals surface area contributed by atoms with Gasteiger partial charge in [0.25, 0.3) is 0 Å². The van der Waals surface area contributed by atoms with Crippen LogP contribution in [0.15, 0.2) is 24.3 Å². The van der Waals surface area contributed by atoms with Gasteiger partial charge >= 0.3 is 0 Å². The molecule has 1 atom stereocenters. The maximum atomic E-state index is 12.1. The van der Waals surface area contributed by atoms with E-state index in [1.54, 1.807) is 0 Å². The first kappa shape index (κ1) is 15.0. The van der Waals surface area contributed by atoms with Crippen molar-refractivity contribution in [1.82, 2.24) is 10.2 Å². The molecule has 3 N–H and O–H groups in total. The van der Waals surface area contributed by atoms with Crippen LogP contribution in [0.1, 0.15) is 36.9 Å². The lowest BCUT2D eigenvalue weighted by Gasteiger charge is -2.29. The molecule has 0 radical (unpaired) electrons. The van der Waals surface area contributed by atoms with Gasteiger partial charge in [0, 0.05) is 19.1 Å². The topological polar surface area (TPSA) is 58.4 Å². The number of rotatable bonds is 4. The zero-order chi connectivity index (χ0) is 14.5. The van der Waals surface area contributed by atoms with Crippen molar-refractivity contribution >= 4 is 5.91 Å². The van der Waals surface area contributed by atoms with Crippen molar-refractivity contribution in [1.29, 1.82) is 0 Å². The summed E-state index contributed by atoms with van der Waals surface area (Å²) in [6.07, 6.45) is 1.97. The summed E-state index contributed by atoms with van der Waals surface area (Å²) in [6.45, 7) is 6.43. The molecule has 0 spiro atoms. The average Bonchev–Trinajstić information content (AvgIpc) is 2.41. The fraction of sp³-hybridized carbons (Fsp3) is 0.562. The van der Waals surface area contributed by atoms with Crippen molar-refractivity contribution in [2.75, 3.05) is 19.6 Å². The molecule has 1 fully saturated rings. The summed E-state index contributed by atoms with van der Waals surface area (Å²) in [4.78, 5) is 14.3. The van der Waals surface area contributed by atoms with Gasteiger partial charge in [0.2, 0.25) is 5.91 Å². The van der Waals surface area contributed by atoms with Gasteiger partial charge in [0.05, 0.1) is 12.6 Å². The molecule has 1 heterocycles. The summed E-state index contributed by atoms with van der Waals surface area (Å²) >= 11 is 0. The summed E-state index contributed by atoms with van der Waals surface area (Å²) in [6, 6.07) is 8.53. The number of amides is 1. The van der Waals surface area contributed by atoms with Gasteiger partial charge in [-0.25, -0.2) is 0 Å². The highest BCUT2D eigenvalue weighted by Crippen LogP contribution is 2.16. The van der Waals surface area contributed by atoms with Crippen LogP contribution in [0.3, 0.4) is 0 Å². The highest BCUT2D eigenvalue weighted by molar-refractivity contribution is 5.78. The monoisotopic (exact) mass is 275 g/mol. The van der Waals surface area contributed by atoms with Gasteiger partial charge in [-0.1, -0.05) is 24.3 Å². The molecule has 4 heteroatoms. The van der Waals surface area contributed by atoms with Crippen molar-refractivity contribution in [3.05, 3.63) is 35.4 Å². The average molecular weight is 275 g/mol. The zero-order valence-corrected chi connectivity index (χ0v) is 12.4. The van der Waals surface area contributed by atoms with Crippen molar-refractivity contribution in [3.8, 4) is 0 Å². The predicted octanol–water partition coefficient (Wildman–Crippen LogP) is 1.60. The normalized spacial score (nSPS) is 18.8. The number of carbonyl (C=O) groups is 1. The van der Waals surface area contributed by atoms with E-state index in [1.807, 2.05) is 19.1 Å². The minimum Gasteiger partial charge on any atom is -0.348 e. The molecule has 0 saturated carbocycles. The van der Waals surface area contributed by atoms with Crippen LogP contribution in [-0.2, 0) is 4.79 Å². The van der Waals surface area contributed by atoms with Crippen LogP contribution >= 0.6 is 0 Å². The number of piperidine rings is 1. The van der Waals surface area contributed by atoms with Crippen LogP contribution in [0, 0.1) is 6.92 Å². The minimum atomic E-state index is 0.0516. The molecular weight excluding hydrogens is 250 g/mol. The van der Waals surface area contributed by atoms with E-state index in [4.69, 9.17) is 5.73 Å². The predicted molar refractivity (Wildman–Crippen MR) is 81.4 cm³/mol. The summed E-state index contributed by atoms with van der Waals surface area (Å²) in [5, 5.41) is 3.08. The molecule has 1 aliphatic heterocycles. The summed E-state index contributed by atoms with van der Waals surface area (Å²) < 4.78 is 0. The Bertz CT molecular complexity index is 453. The first-order valence-corrected chi connectivity index (χ1v) is 7.39. The number of hydrogen-bond acceptors (Lipinski definition) is 3. The quantitative estimate of drug-likeness (QED) is 0.877.